The van der Waals surface area contributed by atoms with Gasteiger partial charge in [0.1, 0.15) is 0 Å². The van der Waals surface area contributed by atoms with Gasteiger partial charge >= 0.3 is 0 Å². The lowest BCUT2D eigenvalue weighted by Crippen LogP contribution is -2.44. The molecule has 0 saturated heterocycles. The summed E-state index contributed by atoms with van der Waals surface area (Å²) in [6.45, 7) is 1.72. The van der Waals surface area contributed by atoms with Gasteiger partial charge in [-0.1, -0.05) is 0 Å². The third kappa shape index (κ3) is 3.16. The molecule has 7 heteroatoms. The normalized spacial score (nSPS) is 13.9. The van der Waals surface area contributed by atoms with Crippen molar-refractivity contribution in [1.29, 1.82) is 0 Å². The number of sulfone groups is 1. The van der Waals surface area contributed by atoms with Crippen LogP contribution >= 0.6 is 0 Å². The Kier molecular flexibility index (Phi) is 4.15. The Balaban J connectivity index is 4.56. The van der Waals surface area contributed by atoms with Gasteiger partial charge in [0.25, 0.3) is 5.91 Å². The summed E-state index contributed by atoms with van der Waals surface area (Å²) < 4.78 is 26.4. The van der Waals surface area contributed by atoms with Gasteiger partial charge in [0.05, 0.1) is 0 Å². The first kappa shape index (κ1) is 11.3. The van der Waals surface area contributed by atoms with Crippen LogP contribution in [0.3, 0.4) is 0 Å². The fourth-order valence-electron chi connectivity index (χ4n) is 0.613. The molecule has 0 fully saturated rings. The van der Waals surface area contributed by atoms with E-state index in [2.05, 4.69) is 4.74 Å². The summed E-state index contributed by atoms with van der Waals surface area (Å²) in [7, 11) is -3.55. The van der Waals surface area contributed by atoms with Crippen LogP contribution in [0.2, 0.25) is 0 Å². The molecule has 72 valence electrons. The highest BCUT2D eigenvalue weighted by molar-refractivity contribution is 7.91. The first-order valence-electron chi connectivity index (χ1n) is 3.24. The summed E-state index contributed by atoms with van der Waals surface area (Å²) in [5.74, 6) is 3.89. The van der Waals surface area contributed by atoms with Crippen LogP contribution in [0.15, 0.2) is 0 Å². The Labute approximate surface area is 71.0 Å². The maximum absolute atomic E-state index is 10.9. The number of hydrazine groups is 1. The minimum Gasteiger partial charge on any atom is -0.354 e. The van der Waals surface area contributed by atoms with E-state index in [-0.39, 0.29) is 6.61 Å². The Hall–Kier alpha value is -0.660. The minimum atomic E-state index is -3.55. The smallest absolute Gasteiger partial charge is 0.278 e. The first-order valence-corrected chi connectivity index (χ1v) is 5.19. The van der Waals surface area contributed by atoms with Gasteiger partial charge in [-0.05, 0) is 6.92 Å². The van der Waals surface area contributed by atoms with Crippen LogP contribution in [-0.4, -0.2) is 32.6 Å². The summed E-state index contributed by atoms with van der Waals surface area (Å²) in [5, 5.41) is 0. The molecule has 1 atom stereocenters. The van der Waals surface area contributed by atoms with Crippen molar-refractivity contribution < 1.29 is 17.9 Å². The Bertz CT molecular complexity index is 248. The monoisotopic (exact) mass is 196 g/mol. The number of carbonyl (C=O) groups is 1. The van der Waals surface area contributed by atoms with Crippen LogP contribution in [-0.2, 0) is 19.4 Å². The van der Waals surface area contributed by atoms with E-state index in [9.17, 15) is 13.2 Å². The molecule has 0 aliphatic rings. The summed E-state index contributed by atoms with van der Waals surface area (Å²) in [6, 6.07) is 0. The highest BCUT2D eigenvalue weighted by Gasteiger charge is 2.28. The molecule has 0 aromatic heterocycles. The van der Waals surface area contributed by atoms with Crippen molar-refractivity contribution in [3.05, 3.63) is 0 Å². The molecule has 0 aromatic carbocycles. The van der Waals surface area contributed by atoms with E-state index in [1.54, 1.807) is 12.3 Å². The first-order chi connectivity index (χ1) is 5.43. The number of amides is 1. The maximum atomic E-state index is 10.9. The van der Waals surface area contributed by atoms with Crippen molar-refractivity contribution >= 4 is 15.7 Å². The lowest BCUT2D eigenvalue weighted by atomic mass is 10.6. The van der Waals surface area contributed by atoms with Crippen molar-refractivity contribution in [2.45, 2.75) is 12.4 Å². The fourth-order valence-corrected chi connectivity index (χ4v) is 1.45. The SMILES string of the molecule is CCOC(C(=O)NN)S(C)(=O)=O. The van der Waals surface area contributed by atoms with Crippen molar-refractivity contribution in [2.24, 2.45) is 5.84 Å². The number of nitrogens with two attached hydrogens (primary N) is 1. The molecule has 0 aliphatic heterocycles. The Morgan fingerprint density at radius 1 is 1.67 bits per heavy atom. The molecule has 0 radical (unpaired) electrons. The van der Waals surface area contributed by atoms with Crippen LogP contribution in [0.5, 0.6) is 0 Å². The van der Waals surface area contributed by atoms with E-state index in [1.165, 1.54) is 0 Å². The summed E-state index contributed by atoms with van der Waals surface area (Å²) in [5.41, 5.74) is 0.206. The van der Waals surface area contributed by atoms with Gasteiger partial charge in [0, 0.05) is 12.9 Å². The van der Waals surface area contributed by atoms with E-state index >= 15 is 0 Å². The van der Waals surface area contributed by atoms with E-state index in [1.807, 2.05) is 0 Å². The highest BCUT2D eigenvalue weighted by atomic mass is 32.2. The zero-order valence-corrected chi connectivity index (χ0v) is 7.72. The van der Waals surface area contributed by atoms with Gasteiger partial charge in [-0.3, -0.25) is 10.2 Å². The number of ether oxygens (including phenoxy) is 1. The molecule has 0 saturated carbocycles. The predicted octanol–water partition coefficient (Wildman–Crippen LogP) is -1.62. The zero-order chi connectivity index (χ0) is 9.78. The number of rotatable bonds is 4. The van der Waals surface area contributed by atoms with Gasteiger partial charge in [-0.2, -0.15) is 0 Å². The molecule has 0 spiro atoms. The van der Waals surface area contributed by atoms with Gasteiger partial charge in [-0.25, -0.2) is 14.3 Å². The zero-order valence-electron chi connectivity index (χ0n) is 6.90. The lowest BCUT2D eigenvalue weighted by Gasteiger charge is -2.12. The highest BCUT2D eigenvalue weighted by Crippen LogP contribution is 2.00. The van der Waals surface area contributed by atoms with Gasteiger partial charge in [-0.15, -0.1) is 0 Å². The van der Waals surface area contributed by atoms with E-state index in [0.29, 0.717) is 0 Å². The molecule has 6 nitrogen and oxygen atoms in total. The summed E-state index contributed by atoms with van der Waals surface area (Å²) in [4.78, 5) is 10.8. The second kappa shape index (κ2) is 4.39. The molecular weight excluding hydrogens is 184 g/mol. The van der Waals surface area contributed by atoms with Gasteiger partial charge in [0.15, 0.2) is 9.84 Å². The Morgan fingerprint density at radius 2 is 2.17 bits per heavy atom. The van der Waals surface area contributed by atoms with Gasteiger partial charge in [0.2, 0.25) is 5.44 Å². The van der Waals surface area contributed by atoms with Crippen molar-refractivity contribution in [3.63, 3.8) is 0 Å². The standard InChI is InChI=1S/C5H12N2O4S/c1-3-11-5(4(8)7-6)12(2,9)10/h5H,3,6H2,1-2H3,(H,7,8). The molecule has 0 bridgehead atoms. The summed E-state index contributed by atoms with van der Waals surface area (Å²) in [6.07, 6.45) is 0.905. The predicted molar refractivity (Wildman–Crippen MR) is 42.6 cm³/mol. The van der Waals surface area contributed by atoms with Crippen LogP contribution in [0.4, 0.5) is 0 Å². The number of carbonyl (C=O) groups excluding carboxylic acids is 1. The van der Waals surface area contributed by atoms with E-state index in [4.69, 9.17) is 5.84 Å². The Morgan fingerprint density at radius 3 is 2.42 bits per heavy atom. The van der Waals surface area contributed by atoms with Crippen LogP contribution in [0, 0.1) is 0 Å². The maximum Gasteiger partial charge on any atom is 0.278 e. The second-order valence-electron chi connectivity index (χ2n) is 2.13. The van der Waals surface area contributed by atoms with Crippen LogP contribution < -0.4 is 11.3 Å². The van der Waals surface area contributed by atoms with E-state index < -0.39 is 21.2 Å². The summed E-state index contributed by atoms with van der Waals surface area (Å²) >= 11 is 0. The fraction of sp³-hybridized carbons (Fsp3) is 0.800. The lowest BCUT2D eigenvalue weighted by molar-refractivity contribution is -0.127. The second-order valence-corrected chi connectivity index (χ2v) is 4.21. The third-order valence-corrected chi connectivity index (χ3v) is 2.19. The van der Waals surface area contributed by atoms with Crippen molar-refractivity contribution in [1.82, 2.24) is 5.43 Å². The average molecular weight is 196 g/mol. The molecule has 0 aromatic rings. The van der Waals surface area contributed by atoms with Crippen molar-refractivity contribution in [2.75, 3.05) is 12.9 Å². The molecule has 1 amide bonds. The van der Waals surface area contributed by atoms with Crippen LogP contribution in [0.1, 0.15) is 6.92 Å². The number of hydrogen-bond acceptors (Lipinski definition) is 5. The topological polar surface area (TPSA) is 98.5 Å². The average Bonchev–Trinajstić information content (AvgIpc) is 1.96. The number of nitrogens with one attached hydrogen (secondary N) is 1. The largest absolute Gasteiger partial charge is 0.354 e. The van der Waals surface area contributed by atoms with Crippen LogP contribution in [0.25, 0.3) is 0 Å². The number of hydrogen-bond donors (Lipinski definition) is 2. The quantitative estimate of drug-likeness (QED) is 0.320. The molecule has 0 heterocycles. The van der Waals surface area contributed by atoms with E-state index in [0.717, 1.165) is 6.26 Å². The van der Waals surface area contributed by atoms with Gasteiger partial charge < -0.3 is 4.74 Å². The molecule has 12 heavy (non-hydrogen) atoms. The molecule has 0 aliphatic carbocycles. The molecule has 0 rings (SSSR count). The molecular formula is C5H12N2O4S. The third-order valence-electron chi connectivity index (χ3n) is 1.06. The van der Waals surface area contributed by atoms with Crippen molar-refractivity contribution in [3.8, 4) is 0 Å². The molecule has 3 N–H and O–H groups in total. The minimum absolute atomic E-state index is 0.130. The molecule has 1 unspecified atom stereocenters.